The Kier molecular flexibility index (Phi) is 6.00. The largest absolute Gasteiger partial charge is 0.480 e. The first kappa shape index (κ1) is 18.8. The molecule has 4 N–H and O–H groups in total. The van der Waals surface area contributed by atoms with E-state index < -0.39 is 18.1 Å². The number of nitrogens with one attached hydrogen (secondary N) is 1. The summed E-state index contributed by atoms with van der Waals surface area (Å²) in [6, 6.07) is 6.68. The van der Waals surface area contributed by atoms with E-state index >= 15 is 0 Å². The van der Waals surface area contributed by atoms with Crippen LogP contribution in [-0.2, 0) is 11.3 Å². The third-order valence-corrected chi connectivity index (χ3v) is 3.69. The molecule has 0 amide bonds. The number of aliphatic carboxylic acids is 1. The van der Waals surface area contributed by atoms with Gasteiger partial charge in [0.25, 0.3) is 5.56 Å². The number of carbonyl (C=O) groups is 1. The predicted molar refractivity (Wildman–Crippen MR) is 98.0 cm³/mol. The second-order valence-corrected chi connectivity index (χ2v) is 6.10. The number of rotatable bonds is 7. The molecule has 1 aromatic heterocycles. The number of hydrogen-bond donors (Lipinski definition) is 3. The van der Waals surface area contributed by atoms with Crippen LogP contribution >= 0.6 is 11.6 Å². The molecule has 9 heteroatoms. The lowest BCUT2D eigenvalue weighted by Gasteiger charge is -2.16. The Labute approximate surface area is 149 Å². The highest BCUT2D eigenvalue weighted by Gasteiger charge is 2.19. The predicted octanol–water partition coefficient (Wildman–Crippen LogP) is 1.20. The van der Waals surface area contributed by atoms with Gasteiger partial charge in [-0.25, -0.2) is 4.98 Å². The first-order valence-corrected chi connectivity index (χ1v) is 7.94. The molecule has 0 aliphatic carbocycles. The average Bonchev–Trinajstić information content (AvgIpc) is 2.51. The Balaban J connectivity index is 2.54. The number of nitrogens with zero attached hydrogens (tertiary/aromatic N) is 3. The summed E-state index contributed by atoms with van der Waals surface area (Å²) in [5.74, 6) is -1.14. The van der Waals surface area contributed by atoms with E-state index in [2.05, 4.69) is 10.3 Å². The van der Waals surface area contributed by atoms with Crippen molar-refractivity contribution in [3.8, 4) is 11.3 Å². The first-order valence-electron chi connectivity index (χ1n) is 7.56. The zero-order valence-electron chi connectivity index (χ0n) is 14.0. The zero-order chi connectivity index (χ0) is 18.6. The van der Waals surface area contributed by atoms with Crippen molar-refractivity contribution in [3.05, 3.63) is 39.8 Å². The molecule has 0 saturated heterocycles. The molecule has 0 aliphatic rings. The summed E-state index contributed by atoms with van der Waals surface area (Å²) in [4.78, 5) is 30.0. The van der Waals surface area contributed by atoms with Crippen molar-refractivity contribution in [2.24, 2.45) is 0 Å². The van der Waals surface area contributed by atoms with Crippen molar-refractivity contribution < 1.29 is 9.90 Å². The fourth-order valence-corrected chi connectivity index (χ4v) is 2.60. The fourth-order valence-electron chi connectivity index (χ4n) is 2.30. The van der Waals surface area contributed by atoms with E-state index in [1.54, 1.807) is 24.3 Å². The lowest BCUT2D eigenvalue weighted by atomic mass is 10.1. The number of halogens is 1. The molecule has 0 radical (unpaired) electrons. The molecule has 2 aromatic rings. The van der Waals surface area contributed by atoms with Crippen molar-refractivity contribution >= 4 is 29.1 Å². The van der Waals surface area contributed by atoms with E-state index in [1.165, 1.54) is 0 Å². The maximum atomic E-state index is 12.7. The van der Waals surface area contributed by atoms with Gasteiger partial charge in [0.05, 0.1) is 5.69 Å². The summed E-state index contributed by atoms with van der Waals surface area (Å²) in [7, 11) is 3.79. The SMILES string of the molecule is CN(C)CCNc1nc(Cl)c(-c2cccc(N)c2)n(CC(=O)O)c1=O. The standard InChI is InChI=1S/C16H20ClN5O3/c1-21(2)7-6-19-15-16(25)22(9-12(23)24)13(14(17)20-15)10-4-3-5-11(18)8-10/h3-5,8H,6-7,9,18H2,1-2H3,(H,19,20)(H,23,24). The van der Waals surface area contributed by atoms with Crippen LogP contribution in [0.3, 0.4) is 0 Å². The van der Waals surface area contributed by atoms with Gasteiger partial charge in [-0.05, 0) is 26.2 Å². The molecule has 0 aliphatic heterocycles. The molecule has 8 nitrogen and oxygen atoms in total. The molecule has 1 heterocycles. The summed E-state index contributed by atoms with van der Waals surface area (Å²) in [6.45, 7) is 0.610. The zero-order valence-corrected chi connectivity index (χ0v) is 14.7. The maximum absolute atomic E-state index is 12.7. The van der Waals surface area contributed by atoms with E-state index in [0.29, 0.717) is 24.3 Å². The van der Waals surface area contributed by atoms with Crippen molar-refractivity contribution in [1.82, 2.24) is 14.5 Å². The number of likely N-dealkylation sites (N-methyl/N-ethyl adjacent to an activating group) is 1. The molecule has 0 atom stereocenters. The monoisotopic (exact) mass is 365 g/mol. The van der Waals surface area contributed by atoms with E-state index in [4.69, 9.17) is 17.3 Å². The second-order valence-electron chi connectivity index (χ2n) is 5.74. The highest BCUT2D eigenvalue weighted by Crippen LogP contribution is 2.27. The third-order valence-electron chi connectivity index (χ3n) is 3.43. The molecule has 0 unspecified atom stereocenters. The average molecular weight is 366 g/mol. The van der Waals surface area contributed by atoms with Gasteiger partial charge in [0.1, 0.15) is 6.54 Å². The lowest BCUT2D eigenvalue weighted by molar-refractivity contribution is -0.137. The van der Waals surface area contributed by atoms with Crippen LogP contribution < -0.4 is 16.6 Å². The van der Waals surface area contributed by atoms with Crippen LogP contribution in [-0.4, -0.2) is 52.7 Å². The molecule has 1 aromatic carbocycles. The van der Waals surface area contributed by atoms with Crippen molar-refractivity contribution in [2.75, 3.05) is 38.2 Å². The highest BCUT2D eigenvalue weighted by atomic mass is 35.5. The van der Waals surface area contributed by atoms with Gasteiger partial charge in [-0.15, -0.1) is 0 Å². The normalized spacial score (nSPS) is 10.9. The van der Waals surface area contributed by atoms with Crippen LogP contribution in [0.4, 0.5) is 11.5 Å². The van der Waals surface area contributed by atoms with Gasteiger partial charge < -0.3 is 21.1 Å². The number of nitrogen functional groups attached to an aromatic ring is 1. The number of hydrogen-bond acceptors (Lipinski definition) is 6. The summed E-state index contributed by atoms with van der Waals surface area (Å²) >= 11 is 6.26. The first-order chi connectivity index (χ1) is 11.8. The molecule has 25 heavy (non-hydrogen) atoms. The number of carboxylic acids is 1. The summed E-state index contributed by atoms with van der Waals surface area (Å²) in [6.07, 6.45) is 0. The molecule has 0 fully saturated rings. The summed E-state index contributed by atoms with van der Waals surface area (Å²) in [5.41, 5.74) is 6.44. The minimum Gasteiger partial charge on any atom is -0.480 e. The van der Waals surface area contributed by atoms with Gasteiger partial charge >= 0.3 is 5.97 Å². The van der Waals surface area contributed by atoms with Crippen LogP contribution in [0.25, 0.3) is 11.3 Å². The molecule has 0 bridgehead atoms. The molecular weight excluding hydrogens is 346 g/mol. The minimum atomic E-state index is -1.16. The highest BCUT2D eigenvalue weighted by molar-refractivity contribution is 6.32. The van der Waals surface area contributed by atoms with Crippen molar-refractivity contribution in [3.63, 3.8) is 0 Å². The molecular formula is C16H20ClN5O3. The van der Waals surface area contributed by atoms with Crippen LogP contribution in [0.15, 0.2) is 29.1 Å². The summed E-state index contributed by atoms with van der Waals surface area (Å²) < 4.78 is 1.09. The van der Waals surface area contributed by atoms with E-state index in [9.17, 15) is 14.7 Å². The van der Waals surface area contributed by atoms with Crippen molar-refractivity contribution in [1.29, 1.82) is 0 Å². The van der Waals surface area contributed by atoms with Crippen LogP contribution in [0.1, 0.15) is 0 Å². The molecule has 0 spiro atoms. The minimum absolute atomic E-state index is 0.0146. The van der Waals surface area contributed by atoms with E-state index in [1.807, 2.05) is 19.0 Å². The topological polar surface area (TPSA) is 113 Å². The Morgan fingerprint density at radius 3 is 2.76 bits per heavy atom. The smallest absolute Gasteiger partial charge is 0.323 e. The van der Waals surface area contributed by atoms with E-state index in [0.717, 1.165) is 4.57 Å². The van der Waals surface area contributed by atoms with Gasteiger partial charge in [-0.3, -0.25) is 14.2 Å². The van der Waals surface area contributed by atoms with Gasteiger partial charge in [0.2, 0.25) is 0 Å². The van der Waals surface area contributed by atoms with Crippen LogP contribution in [0.2, 0.25) is 5.15 Å². The Morgan fingerprint density at radius 2 is 2.16 bits per heavy atom. The number of anilines is 2. The van der Waals surface area contributed by atoms with Crippen LogP contribution in [0.5, 0.6) is 0 Å². The van der Waals surface area contributed by atoms with Gasteiger partial charge in [0.15, 0.2) is 11.0 Å². The maximum Gasteiger partial charge on any atom is 0.323 e. The second kappa shape index (κ2) is 8.00. The van der Waals surface area contributed by atoms with Gasteiger partial charge in [0, 0.05) is 24.3 Å². The van der Waals surface area contributed by atoms with Gasteiger partial charge in [-0.1, -0.05) is 23.7 Å². The third kappa shape index (κ3) is 4.71. The summed E-state index contributed by atoms with van der Waals surface area (Å²) in [5, 5.41) is 12.1. The van der Waals surface area contributed by atoms with Crippen molar-refractivity contribution in [2.45, 2.75) is 6.54 Å². The number of carboxylic acid groups (broad SMARTS) is 1. The fraction of sp³-hybridized carbons (Fsp3) is 0.312. The molecule has 134 valence electrons. The van der Waals surface area contributed by atoms with Crippen LogP contribution in [0, 0.1) is 0 Å². The Bertz CT molecular complexity index is 835. The lowest BCUT2D eigenvalue weighted by Crippen LogP contribution is -2.31. The van der Waals surface area contributed by atoms with Gasteiger partial charge in [-0.2, -0.15) is 0 Å². The number of aromatic nitrogens is 2. The molecule has 2 rings (SSSR count). The Hall–Kier alpha value is -2.58. The Morgan fingerprint density at radius 1 is 1.44 bits per heavy atom. The van der Waals surface area contributed by atoms with E-state index in [-0.39, 0.29) is 16.7 Å². The molecule has 0 saturated carbocycles. The number of benzene rings is 1. The number of nitrogens with two attached hydrogens (primary N) is 1. The quantitative estimate of drug-likeness (QED) is 0.632.